The quantitative estimate of drug-likeness (QED) is 0.849. The summed E-state index contributed by atoms with van der Waals surface area (Å²) in [4.78, 5) is 0. The van der Waals surface area contributed by atoms with Gasteiger partial charge in [-0.1, -0.05) is 42.5 Å². The van der Waals surface area contributed by atoms with Crippen molar-refractivity contribution in [3.05, 3.63) is 65.7 Å². The molecule has 0 saturated heterocycles. The summed E-state index contributed by atoms with van der Waals surface area (Å²) in [5.41, 5.74) is 9.76. The zero-order valence-corrected chi connectivity index (χ0v) is 11.6. The molecule has 0 aliphatic heterocycles. The van der Waals surface area contributed by atoms with Crippen molar-refractivity contribution in [2.75, 3.05) is 5.32 Å². The van der Waals surface area contributed by atoms with Gasteiger partial charge in [-0.15, -0.1) is 0 Å². The molecule has 3 N–H and O–H groups in total. The van der Waals surface area contributed by atoms with Crippen molar-refractivity contribution in [3.63, 3.8) is 0 Å². The molecule has 0 heterocycles. The summed E-state index contributed by atoms with van der Waals surface area (Å²) >= 11 is 0. The van der Waals surface area contributed by atoms with Gasteiger partial charge < -0.3 is 11.1 Å². The van der Waals surface area contributed by atoms with Crippen molar-refractivity contribution in [3.8, 4) is 0 Å². The molecule has 0 amide bonds. The van der Waals surface area contributed by atoms with E-state index in [9.17, 15) is 0 Å². The fraction of sp³-hybridized carbons (Fsp3) is 0.294. The fourth-order valence-electron chi connectivity index (χ4n) is 2.35. The Hall–Kier alpha value is -1.80. The first-order chi connectivity index (χ1) is 9.16. The Balaban J connectivity index is 2.24. The third-order valence-corrected chi connectivity index (χ3v) is 3.29. The van der Waals surface area contributed by atoms with Crippen LogP contribution >= 0.6 is 0 Å². The molecule has 19 heavy (non-hydrogen) atoms. The van der Waals surface area contributed by atoms with Crippen molar-refractivity contribution in [2.45, 2.75) is 32.4 Å². The van der Waals surface area contributed by atoms with Crippen LogP contribution in [0.3, 0.4) is 0 Å². The summed E-state index contributed by atoms with van der Waals surface area (Å²) in [5.74, 6) is 0. The highest BCUT2D eigenvalue weighted by molar-refractivity contribution is 5.46. The lowest BCUT2D eigenvalue weighted by atomic mass is 9.96. The van der Waals surface area contributed by atoms with E-state index in [0.29, 0.717) is 0 Å². The highest BCUT2D eigenvalue weighted by Gasteiger charge is 2.15. The topological polar surface area (TPSA) is 38.0 Å². The first-order valence-corrected chi connectivity index (χ1v) is 6.79. The number of para-hydroxylation sites is 1. The predicted octanol–water partition coefficient (Wildman–Crippen LogP) is 3.89. The molecule has 100 valence electrons. The van der Waals surface area contributed by atoms with Gasteiger partial charge in [0.15, 0.2) is 0 Å². The van der Waals surface area contributed by atoms with E-state index in [1.54, 1.807) is 0 Å². The molecule has 2 rings (SSSR count). The number of nitrogens with one attached hydrogen (secondary N) is 1. The Bertz CT molecular complexity index is 506. The van der Waals surface area contributed by atoms with Gasteiger partial charge in [-0.2, -0.15) is 0 Å². The van der Waals surface area contributed by atoms with Crippen LogP contribution in [0.1, 0.15) is 30.5 Å². The number of benzene rings is 2. The number of hydrogen-bond donors (Lipinski definition) is 2. The van der Waals surface area contributed by atoms with Crippen LogP contribution in [-0.4, -0.2) is 6.04 Å². The maximum Gasteiger partial charge on any atom is 0.0531 e. The average molecular weight is 254 g/mol. The number of hydrogen-bond acceptors (Lipinski definition) is 2. The van der Waals surface area contributed by atoms with Gasteiger partial charge in [0.2, 0.25) is 0 Å². The molecule has 0 aliphatic rings. The molecule has 0 radical (unpaired) electrons. The standard InChI is InChI=1S/C17H22N2/c1-13-8-6-7-11-16(13)17(12-14(2)18)19-15-9-4-3-5-10-15/h3-11,14,17,19H,12,18H2,1-2H3. The first-order valence-electron chi connectivity index (χ1n) is 6.79. The summed E-state index contributed by atoms with van der Waals surface area (Å²) < 4.78 is 0. The molecule has 2 aromatic rings. The van der Waals surface area contributed by atoms with E-state index in [4.69, 9.17) is 5.73 Å². The van der Waals surface area contributed by atoms with Gasteiger partial charge >= 0.3 is 0 Å². The zero-order chi connectivity index (χ0) is 13.7. The van der Waals surface area contributed by atoms with Crippen LogP contribution in [0, 0.1) is 6.92 Å². The largest absolute Gasteiger partial charge is 0.378 e. The molecule has 0 spiro atoms. The third-order valence-electron chi connectivity index (χ3n) is 3.29. The summed E-state index contributed by atoms with van der Waals surface area (Å²) in [7, 11) is 0. The Labute approximate surface area is 115 Å². The molecule has 2 nitrogen and oxygen atoms in total. The van der Waals surface area contributed by atoms with Crippen LogP contribution in [0.2, 0.25) is 0 Å². The van der Waals surface area contributed by atoms with Crippen molar-refractivity contribution >= 4 is 5.69 Å². The van der Waals surface area contributed by atoms with Crippen molar-refractivity contribution in [2.24, 2.45) is 5.73 Å². The summed E-state index contributed by atoms with van der Waals surface area (Å²) in [6, 6.07) is 19.2. The normalized spacial score (nSPS) is 13.8. The maximum atomic E-state index is 5.99. The Morgan fingerprint density at radius 1 is 1.00 bits per heavy atom. The van der Waals surface area contributed by atoms with Gasteiger partial charge in [-0.3, -0.25) is 0 Å². The van der Waals surface area contributed by atoms with Gasteiger partial charge in [0.1, 0.15) is 0 Å². The molecule has 0 saturated carbocycles. The average Bonchev–Trinajstić information content (AvgIpc) is 2.39. The van der Waals surface area contributed by atoms with Crippen LogP contribution in [-0.2, 0) is 0 Å². The van der Waals surface area contributed by atoms with Gasteiger partial charge in [0.05, 0.1) is 6.04 Å². The maximum absolute atomic E-state index is 5.99. The number of nitrogens with two attached hydrogens (primary N) is 1. The first kappa shape index (κ1) is 13.6. The van der Waals surface area contributed by atoms with Gasteiger partial charge in [0.25, 0.3) is 0 Å². The molecule has 0 fully saturated rings. The second-order valence-electron chi connectivity index (χ2n) is 5.13. The van der Waals surface area contributed by atoms with Crippen LogP contribution in [0.5, 0.6) is 0 Å². The van der Waals surface area contributed by atoms with Crippen molar-refractivity contribution in [1.82, 2.24) is 0 Å². The summed E-state index contributed by atoms with van der Waals surface area (Å²) in [6.45, 7) is 4.20. The molecule has 0 bridgehead atoms. The smallest absolute Gasteiger partial charge is 0.0531 e. The molecule has 2 aromatic carbocycles. The van der Waals surface area contributed by atoms with E-state index < -0.39 is 0 Å². The monoisotopic (exact) mass is 254 g/mol. The van der Waals surface area contributed by atoms with E-state index in [0.717, 1.165) is 12.1 Å². The van der Waals surface area contributed by atoms with E-state index in [2.05, 4.69) is 55.6 Å². The molecule has 0 aromatic heterocycles. The van der Waals surface area contributed by atoms with Gasteiger partial charge in [0, 0.05) is 11.7 Å². The van der Waals surface area contributed by atoms with Gasteiger partial charge in [-0.25, -0.2) is 0 Å². The number of aryl methyl sites for hydroxylation is 1. The molecule has 0 aliphatic carbocycles. The minimum Gasteiger partial charge on any atom is -0.378 e. The second kappa shape index (κ2) is 6.39. The molecule has 2 atom stereocenters. The van der Waals surface area contributed by atoms with Crippen molar-refractivity contribution in [1.29, 1.82) is 0 Å². The predicted molar refractivity (Wildman–Crippen MR) is 82.3 cm³/mol. The fourth-order valence-corrected chi connectivity index (χ4v) is 2.35. The van der Waals surface area contributed by atoms with Crippen LogP contribution < -0.4 is 11.1 Å². The molecule has 2 unspecified atom stereocenters. The lowest BCUT2D eigenvalue weighted by Gasteiger charge is -2.23. The Morgan fingerprint density at radius 3 is 2.26 bits per heavy atom. The molecular formula is C17H22N2. The lowest BCUT2D eigenvalue weighted by molar-refractivity contribution is 0.593. The highest BCUT2D eigenvalue weighted by atomic mass is 14.9. The van der Waals surface area contributed by atoms with E-state index in [-0.39, 0.29) is 12.1 Å². The number of rotatable bonds is 5. The lowest BCUT2D eigenvalue weighted by Crippen LogP contribution is -2.23. The Kier molecular flexibility index (Phi) is 4.58. The SMILES string of the molecule is Cc1ccccc1C(CC(C)N)Nc1ccccc1. The van der Waals surface area contributed by atoms with Crippen LogP contribution in [0.4, 0.5) is 5.69 Å². The Morgan fingerprint density at radius 2 is 1.63 bits per heavy atom. The number of anilines is 1. The van der Waals surface area contributed by atoms with E-state index >= 15 is 0 Å². The van der Waals surface area contributed by atoms with Crippen molar-refractivity contribution < 1.29 is 0 Å². The zero-order valence-electron chi connectivity index (χ0n) is 11.6. The molecular weight excluding hydrogens is 232 g/mol. The van der Waals surface area contributed by atoms with E-state index in [1.165, 1.54) is 11.1 Å². The molecule has 2 heteroatoms. The van der Waals surface area contributed by atoms with E-state index in [1.807, 2.05) is 18.2 Å². The van der Waals surface area contributed by atoms with Crippen LogP contribution in [0.25, 0.3) is 0 Å². The minimum atomic E-state index is 0.167. The summed E-state index contributed by atoms with van der Waals surface area (Å²) in [5, 5.41) is 3.59. The van der Waals surface area contributed by atoms with Crippen LogP contribution in [0.15, 0.2) is 54.6 Å². The minimum absolute atomic E-state index is 0.167. The van der Waals surface area contributed by atoms with Gasteiger partial charge in [-0.05, 0) is 43.5 Å². The third kappa shape index (κ3) is 3.83. The highest BCUT2D eigenvalue weighted by Crippen LogP contribution is 2.26. The second-order valence-corrected chi connectivity index (χ2v) is 5.13. The summed E-state index contributed by atoms with van der Waals surface area (Å²) in [6.07, 6.45) is 0.916.